The number of rotatable bonds is 4. The maximum atomic E-state index is 13.7. The summed E-state index contributed by atoms with van der Waals surface area (Å²) in [6.07, 6.45) is 7.79. The van der Waals surface area contributed by atoms with E-state index >= 15 is 0 Å². The molecular formula is C28H44O4Si. The highest BCUT2D eigenvalue weighted by Gasteiger charge is 2.62. The van der Waals surface area contributed by atoms with E-state index in [0.717, 1.165) is 18.4 Å². The van der Waals surface area contributed by atoms with Crippen LogP contribution in [0.25, 0.3) is 0 Å². The summed E-state index contributed by atoms with van der Waals surface area (Å²) in [6.45, 7) is 25.2. The summed E-state index contributed by atoms with van der Waals surface area (Å²) in [5.74, 6) is 1.30. The largest absolute Gasteiger partial charge is 0.541 e. The monoisotopic (exact) mass is 472 g/mol. The Morgan fingerprint density at radius 2 is 1.82 bits per heavy atom. The van der Waals surface area contributed by atoms with E-state index in [9.17, 15) is 9.59 Å². The maximum absolute atomic E-state index is 13.7. The van der Waals surface area contributed by atoms with E-state index in [0.29, 0.717) is 17.6 Å². The Balaban J connectivity index is 2.18. The van der Waals surface area contributed by atoms with Gasteiger partial charge in [-0.2, -0.15) is 0 Å². The van der Waals surface area contributed by atoms with Crippen LogP contribution in [-0.2, 0) is 18.8 Å². The van der Waals surface area contributed by atoms with Crippen molar-refractivity contribution in [1.82, 2.24) is 0 Å². The van der Waals surface area contributed by atoms with Gasteiger partial charge in [0.1, 0.15) is 11.9 Å². The topological polar surface area (TPSA) is 52.6 Å². The fourth-order valence-electron chi connectivity index (χ4n) is 6.61. The lowest BCUT2D eigenvalue weighted by Crippen LogP contribution is -2.59. The zero-order valence-corrected chi connectivity index (χ0v) is 23.4. The van der Waals surface area contributed by atoms with Crippen LogP contribution in [0, 0.1) is 34.5 Å². The Bertz CT molecular complexity index is 903. The van der Waals surface area contributed by atoms with E-state index in [1.807, 2.05) is 6.08 Å². The number of carbonyl (C=O) groups excluding carboxylic acids is 2. The average Bonchev–Trinajstić information content (AvgIpc) is 2.66. The van der Waals surface area contributed by atoms with Crippen molar-refractivity contribution in [3.05, 3.63) is 36.1 Å². The molecule has 0 aromatic rings. The second kappa shape index (κ2) is 8.25. The van der Waals surface area contributed by atoms with Gasteiger partial charge in [-0.3, -0.25) is 9.59 Å². The van der Waals surface area contributed by atoms with Gasteiger partial charge in [-0.25, -0.2) is 0 Å². The van der Waals surface area contributed by atoms with E-state index in [1.165, 1.54) is 6.92 Å². The molecule has 6 atom stereocenters. The fourth-order valence-corrected chi connectivity index (χ4v) is 7.62. The Morgan fingerprint density at radius 1 is 1.21 bits per heavy atom. The van der Waals surface area contributed by atoms with Crippen LogP contribution >= 0.6 is 0 Å². The number of esters is 1. The normalized spacial score (nSPS) is 36.1. The molecule has 0 unspecified atom stereocenters. The molecule has 184 valence electrons. The van der Waals surface area contributed by atoms with E-state index in [2.05, 4.69) is 80.3 Å². The quantitative estimate of drug-likeness (QED) is 0.332. The minimum absolute atomic E-state index is 0.00759. The van der Waals surface area contributed by atoms with Gasteiger partial charge in [-0.05, 0) is 66.5 Å². The maximum Gasteiger partial charge on any atom is 0.303 e. The standard InChI is InChI=1S/C28H44O4Si/c1-12-19-15-21(31-18(3)29)24-20(17(19)2)13-14-23-27(7,8)25(30)22(16-28(23,24)9)32-33(10,11)26(4,5)6/h12,15-17,20-21,23-24H,1,13-14H2,2-11H3/t17-,20-,21-,23-,24+,28-/m1/s1. The number of allylic oxidation sites excluding steroid dienone is 4. The van der Waals surface area contributed by atoms with Gasteiger partial charge < -0.3 is 9.16 Å². The van der Waals surface area contributed by atoms with Crippen LogP contribution in [0.2, 0.25) is 18.1 Å². The highest BCUT2D eigenvalue weighted by atomic mass is 28.4. The molecule has 0 aliphatic heterocycles. The molecule has 1 saturated carbocycles. The van der Waals surface area contributed by atoms with Crippen LogP contribution in [0.3, 0.4) is 0 Å². The molecule has 33 heavy (non-hydrogen) atoms. The Hall–Kier alpha value is -1.62. The first kappa shape index (κ1) is 26.0. The predicted octanol–water partition coefficient (Wildman–Crippen LogP) is 6.84. The van der Waals surface area contributed by atoms with E-state index in [1.54, 1.807) is 0 Å². The summed E-state index contributed by atoms with van der Waals surface area (Å²) in [5, 5.41) is -0.00759. The fraction of sp³-hybridized carbons (Fsp3) is 0.714. The van der Waals surface area contributed by atoms with E-state index in [-0.39, 0.29) is 40.1 Å². The summed E-state index contributed by atoms with van der Waals surface area (Å²) in [4.78, 5) is 25.9. The van der Waals surface area contributed by atoms with Crippen LogP contribution in [0.4, 0.5) is 0 Å². The van der Waals surface area contributed by atoms with Gasteiger partial charge in [0.25, 0.3) is 8.32 Å². The lowest BCUT2D eigenvalue weighted by atomic mass is 9.45. The van der Waals surface area contributed by atoms with Crippen LogP contribution < -0.4 is 0 Å². The van der Waals surface area contributed by atoms with Crippen molar-refractivity contribution in [2.75, 3.05) is 0 Å². The van der Waals surface area contributed by atoms with Crippen LogP contribution in [0.5, 0.6) is 0 Å². The molecule has 0 amide bonds. The molecule has 0 N–H and O–H groups in total. The highest BCUT2D eigenvalue weighted by molar-refractivity contribution is 6.74. The molecule has 0 bridgehead atoms. The summed E-state index contributed by atoms with van der Waals surface area (Å²) < 4.78 is 12.6. The number of ketones is 1. The number of fused-ring (bicyclic) bond motifs is 3. The van der Waals surface area contributed by atoms with Crippen molar-refractivity contribution < 1.29 is 18.8 Å². The third-order valence-electron chi connectivity index (χ3n) is 9.43. The van der Waals surface area contributed by atoms with Crippen LogP contribution in [0.1, 0.15) is 68.2 Å². The van der Waals surface area contributed by atoms with Gasteiger partial charge in [0.2, 0.25) is 5.78 Å². The second-order valence-electron chi connectivity index (χ2n) is 12.8. The zero-order chi connectivity index (χ0) is 25.1. The van der Waals surface area contributed by atoms with Crippen molar-refractivity contribution in [3.63, 3.8) is 0 Å². The Labute approximate surface area is 202 Å². The average molecular weight is 473 g/mol. The van der Waals surface area contributed by atoms with Gasteiger partial charge in [-0.1, -0.05) is 61.1 Å². The van der Waals surface area contributed by atoms with Crippen molar-refractivity contribution >= 4 is 20.1 Å². The van der Waals surface area contributed by atoms with Crippen molar-refractivity contribution in [3.8, 4) is 0 Å². The third kappa shape index (κ3) is 4.19. The molecule has 0 radical (unpaired) electrons. The first-order valence-corrected chi connectivity index (χ1v) is 15.4. The number of Topliss-reactive ketones (excluding diaryl/α,β-unsaturated/α-hetero) is 1. The van der Waals surface area contributed by atoms with E-state index in [4.69, 9.17) is 9.16 Å². The van der Waals surface area contributed by atoms with Gasteiger partial charge in [0.15, 0.2) is 0 Å². The molecule has 0 saturated heterocycles. The van der Waals surface area contributed by atoms with Gasteiger partial charge in [0.05, 0.1) is 0 Å². The molecule has 3 aliphatic rings. The lowest BCUT2D eigenvalue weighted by Gasteiger charge is -2.60. The van der Waals surface area contributed by atoms with Crippen molar-refractivity contribution in [2.24, 2.45) is 34.5 Å². The molecule has 5 heteroatoms. The SMILES string of the molecule is C=CC1=C[C@@H](OC(C)=O)[C@@H]2[C@H](CC[C@@H]3C(C)(C)C(=O)C(O[Si](C)(C)C(C)(C)C)=C[C@@]23C)[C@@H]1C. The number of hydrogen-bond donors (Lipinski definition) is 0. The molecule has 0 spiro atoms. The van der Waals surface area contributed by atoms with Gasteiger partial charge in [0, 0.05) is 23.7 Å². The molecule has 0 heterocycles. The third-order valence-corrected chi connectivity index (χ3v) is 13.8. The highest BCUT2D eigenvalue weighted by Crippen LogP contribution is 2.63. The molecule has 3 rings (SSSR count). The zero-order valence-electron chi connectivity index (χ0n) is 22.4. The smallest absolute Gasteiger partial charge is 0.303 e. The van der Waals surface area contributed by atoms with Crippen molar-refractivity contribution in [2.45, 2.75) is 92.5 Å². The summed E-state index contributed by atoms with van der Waals surface area (Å²) in [7, 11) is -2.20. The number of hydrogen-bond acceptors (Lipinski definition) is 4. The Kier molecular flexibility index (Phi) is 6.50. The van der Waals surface area contributed by atoms with Crippen molar-refractivity contribution in [1.29, 1.82) is 0 Å². The Morgan fingerprint density at radius 3 is 2.33 bits per heavy atom. The minimum Gasteiger partial charge on any atom is -0.541 e. The summed E-state index contributed by atoms with van der Waals surface area (Å²) in [5.41, 5.74) is 0.284. The molecule has 3 aliphatic carbocycles. The van der Waals surface area contributed by atoms with Crippen LogP contribution in [-0.4, -0.2) is 26.2 Å². The summed E-state index contributed by atoms with van der Waals surface area (Å²) >= 11 is 0. The molecule has 0 aromatic carbocycles. The molecule has 4 nitrogen and oxygen atoms in total. The lowest BCUT2D eigenvalue weighted by molar-refractivity contribution is -0.162. The summed E-state index contributed by atoms with van der Waals surface area (Å²) in [6, 6.07) is 0. The van der Waals surface area contributed by atoms with E-state index < -0.39 is 13.7 Å². The van der Waals surface area contributed by atoms with Crippen LogP contribution in [0.15, 0.2) is 36.1 Å². The molecule has 0 aromatic heterocycles. The van der Waals surface area contributed by atoms with Gasteiger partial charge in [-0.15, -0.1) is 0 Å². The first-order valence-electron chi connectivity index (χ1n) is 12.5. The second-order valence-corrected chi connectivity index (χ2v) is 17.6. The first-order chi connectivity index (χ1) is 15.0. The molecule has 1 fully saturated rings. The predicted molar refractivity (Wildman–Crippen MR) is 136 cm³/mol. The molecular weight excluding hydrogens is 428 g/mol. The minimum atomic E-state index is -2.20. The number of ether oxygens (including phenoxy) is 1. The number of carbonyl (C=O) groups is 2. The van der Waals surface area contributed by atoms with Gasteiger partial charge >= 0.3 is 5.97 Å².